The smallest absolute Gasteiger partial charge is 0.315 e. The molecule has 2 N–H and O–H groups in total. The Labute approximate surface area is 145 Å². The van der Waals surface area contributed by atoms with Crippen molar-refractivity contribution in [1.29, 1.82) is 0 Å². The fourth-order valence-corrected chi connectivity index (χ4v) is 3.06. The summed E-state index contributed by atoms with van der Waals surface area (Å²) in [5.74, 6) is -1.34. The van der Waals surface area contributed by atoms with Gasteiger partial charge >= 0.3 is 5.97 Å². The van der Waals surface area contributed by atoms with Crippen molar-refractivity contribution < 1.29 is 14.7 Å². The van der Waals surface area contributed by atoms with Crippen molar-refractivity contribution >= 4 is 23.2 Å². The van der Waals surface area contributed by atoms with E-state index in [1.54, 1.807) is 36.6 Å². The number of hydrogen-bond donors (Lipinski definition) is 2. The van der Waals surface area contributed by atoms with Gasteiger partial charge in [0.1, 0.15) is 11.1 Å². The van der Waals surface area contributed by atoms with Gasteiger partial charge in [-0.2, -0.15) is 0 Å². The number of rotatable bonds is 5. The highest BCUT2D eigenvalue weighted by molar-refractivity contribution is 7.10. The van der Waals surface area contributed by atoms with E-state index >= 15 is 0 Å². The molecule has 1 atom stereocenters. The summed E-state index contributed by atoms with van der Waals surface area (Å²) < 4.78 is 0. The average molecular weight is 346 g/mol. The van der Waals surface area contributed by atoms with Crippen LogP contribution in [0.1, 0.15) is 48.8 Å². The SMILES string of the molecule is CC(C)(C)c1nc(C(=O)NCC(C)(C(=O)O)c2ccccc2)cs1. The Hall–Kier alpha value is -2.21. The van der Waals surface area contributed by atoms with E-state index < -0.39 is 11.4 Å². The summed E-state index contributed by atoms with van der Waals surface area (Å²) in [5, 5.41) is 14.9. The summed E-state index contributed by atoms with van der Waals surface area (Å²) in [6, 6.07) is 8.90. The molecule has 0 radical (unpaired) electrons. The lowest BCUT2D eigenvalue weighted by molar-refractivity contribution is -0.142. The number of hydrogen-bond acceptors (Lipinski definition) is 4. The van der Waals surface area contributed by atoms with Crippen molar-refractivity contribution in [2.75, 3.05) is 6.54 Å². The number of aliphatic carboxylic acids is 1. The number of aromatic nitrogens is 1. The molecule has 0 saturated carbocycles. The summed E-state index contributed by atoms with van der Waals surface area (Å²) >= 11 is 1.43. The summed E-state index contributed by atoms with van der Waals surface area (Å²) in [6.07, 6.45) is 0. The van der Waals surface area contributed by atoms with E-state index in [1.165, 1.54) is 11.3 Å². The lowest BCUT2D eigenvalue weighted by Crippen LogP contribution is -2.44. The van der Waals surface area contributed by atoms with Crippen LogP contribution in [0, 0.1) is 0 Å². The van der Waals surface area contributed by atoms with Gasteiger partial charge in [-0.25, -0.2) is 4.98 Å². The van der Waals surface area contributed by atoms with Crippen molar-refractivity contribution in [3.8, 4) is 0 Å². The number of nitrogens with zero attached hydrogens (tertiary/aromatic N) is 1. The van der Waals surface area contributed by atoms with Gasteiger partial charge in [0.05, 0.1) is 5.01 Å². The molecule has 5 nitrogen and oxygen atoms in total. The Morgan fingerprint density at radius 3 is 2.29 bits per heavy atom. The third-order valence-corrected chi connectivity index (χ3v) is 5.13. The summed E-state index contributed by atoms with van der Waals surface area (Å²) in [5.41, 5.74) is -0.347. The first-order chi connectivity index (χ1) is 11.1. The van der Waals surface area contributed by atoms with E-state index in [1.807, 2.05) is 26.8 Å². The summed E-state index contributed by atoms with van der Waals surface area (Å²) in [4.78, 5) is 28.4. The fourth-order valence-electron chi connectivity index (χ4n) is 2.18. The van der Waals surface area contributed by atoms with Gasteiger partial charge in [-0.15, -0.1) is 11.3 Å². The zero-order valence-corrected chi connectivity index (χ0v) is 15.1. The monoisotopic (exact) mass is 346 g/mol. The van der Waals surface area contributed by atoms with Crippen LogP contribution >= 0.6 is 11.3 Å². The van der Waals surface area contributed by atoms with Gasteiger partial charge < -0.3 is 10.4 Å². The first kappa shape index (κ1) is 18.1. The molecule has 1 heterocycles. The number of carboxylic acids is 1. The van der Waals surface area contributed by atoms with Gasteiger partial charge in [-0.1, -0.05) is 51.1 Å². The highest BCUT2D eigenvalue weighted by Crippen LogP contribution is 2.26. The molecule has 0 fully saturated rings. The molecule has 1 unspecified atom stereocenters. The van der Waals surface area contributed by atoms with Crippen molar-refractivity contribution in [1.82, 2.24) is 10.3 Å². The number of benzene rings is 1. The molecule has 0 spiro atoms. The third kappa shape index (κ3) is 3.82. The molecule has 24 heavy (non-hydrogen) atoms. The van der Waals surface area contributed by atoms with Crippen LogP contribution in [-0.4, -0.2) is 28.5 Å². The number of carboxylic acid groups (broad SMARTS) is 1. The maximum absolute atomic E-state index is 12.3. The number of amides is 1. The molecule has 0 saturated heterocycles. The molecule has 2 aromatic rings. The van der Waals surface area contributed by atoms with Crippen molar-refractivity contribution in [2.45, 2.75) is 38.5 Å². The maximum atomic E-state index is 12.3. The minimum atomic E-state index is -1.19. The lowest BCUT2D eigenvalue weighted by Gasteiger charge is -2.25. The van der Waals surface area contributed by atoms with E-state index in [2.05, 4.69) is 10.3 Å². The van der Waals surface area contributed by atoms with Crippen LogP contribution < -0.4 is 5.32 Å². The Kier molecular flexibility index (Phi) is 5.08. The normalized spacial score (nSPS) is 14.0. The average Bonchev–Trinajstić information content (AvgIpc) is 3.03. The molecule has 0 aliphatic carbocycles. The second kappa shape index (κ2) is 6.73. The van der Waals surface area contributed by atoms with Gasteiger partial charge in [0.25, 0.3) is 5.91 Å². The van der Waals surface area contributed by atoms with Crippen molar-refractivity contribution in [3.05, 3.63) is 52.0 Å². The predicted molar refractivity (Wildman–Crippen MR) is 94.6 cm³/mol. The molecular weight excluding hydrogens is 324 g/mol. The molecule has 1 aromatic carbocycles. The van der Waals surface area contributed by atoms with Crippen molar-refractivity contribution in [3.63, 3.8) is 0 Å². The molecule has 0 aliphatic rings. The minimum absolute atomic E-state index is 0.00639. The third-order valence-electron chi connectivity index (χ3n) is 3.86. The molecule has 128 valence electrons. The largest absolute Gasteiger partial charge is 0.481 e. The van der Waals surface area contributed by atoms with Gasteiger partial charge in [-0.3, -0.25) is 9.59 Å². The van der Waals surface area contributed by atoms with Crippen LogP contribution in [0.4, 0.5) is 0 Å². The molecule has 1 amide bonds. The van der Waals surface area contributed by atoms with E-state index in [4.69, 9.17) is 0 Å². The van der Waals surface area contributed by atoms with Crippen molar-refractivity contribution in [2.24, 2.45) is 0 Å². The topological polar surface area (TPSA) is 79.3 Å². The standard InChI is InChI=1S/C18H22N2O3S/c1-17(2,3)15-20-13(10-24-15)14(21)19-11-18(4,16(22)23)12-8-6-5-7-9-12/h5-10H,11H2,1-4H3,(H,19,21)(H,22,23). The Balaban J connectivity index is 2.14. The maximum Gasteiger partial charge on any atom is 0.315 e. The summed E-state index contributed by atoms with van der Waals surface area (Å²) in [6.45, 7) is 7.69. The Morgan fingerprint density at radius 2 is 1.79 bits per heavy atom. The molecule has 2 rings (SSSR count). The fraction of sp³-hybridized carbons (Fsp3) is 0.389. The van der Waals surface area contributed by atoms with Gasteiger partial charge in [0, 0.05) is 17.3 Å². The Bertz CT molecular complexity index is 734. The molecule has 0 aliphatic heterocycles. The van der Waals surface area contributed by atoms with Crippen LogP contribution in [0.2, 0.25) is 0 Å². The van der Waals surface area contributed by atoms with Crippen LogP contribution in [0.3, 0.4) is 0 Å². The molecule has 6 heteroatoms. The zero-order valence-electron chi connectivity index (χ0n) is 14.3. The van der Waals surface area contributed by atoms with Crippen LogP contribution in [0.25, 0.3) is 0 Å². The van der Waals surface area contributed by atoms with E-state index in [0.717, 1.165) is 5.01 Å². The highest BCUT2D eigenvalue weighted by atomic mass is 32.1. The lowest BCUT2D eigenvalue weighted by atomic mass is 9.82. The second-order valence-electron chi connectivity index (χ2n) is 6.97. The number of thiazole rings is 1. The Morgan fingerprint density at radius 1 is 1.17 bits per heavy atom. The van der Waals surface area contributed by atoms with Crippen LogP contribution in [0.5, 0.6) is 0 Å². The molecule has 0 bridgehead atoms. The van der Waals surface area contributed by atoms with Crippen LogP contribution in [-0.2, 0) is 15.6 Å². The second-order valence-corrected chi connectivity index (χ2v) is 7.83. The van der Waals surface area contributed by atoms with E-state index in [-0.39, 0.29) is 17.9 Å². The number of carbonyl (C=O) groups excluding carboxylic acids is 1. The number of carbonyl (C=O) groups is 2. The highest BCUT2D eigenvalue weighted by Gasteiger charge is 2.35. The van der Waals surface area contributed by atoms with Gasteiger partial charge in [0.15, 0.2) is 0 Å². The first-order valence-corrected chi connectivity index (χ1v) is 8.56. The number of nitrogens with one attached hydrogen (secondary N) is 1. The predicted octanol–water partition coefficient (Wildman–Crippen LogP) is 3.21. The minimum Gasteiger partial charge on any atom is -0.481 e. The molecular formula is C18H22N2O3S. The van der Waals surface area contributed by atoms with Crippen LogP contribution in [0.15, 0.2) is 35.7 Å². The molecule has 1 aromatic heterocycles. The van der Waals surface area contributed by atoms with Gasteiger partial charge in [0.2, 0.25) is 0 Å². The zero-order chi connectivity index (χ0) is 18.0. The van der Waals surface area contributed by atoms with Gasteiger partial charge in [-0.05, 0) is 12.5 Å². The van der Waals surface area contributed by atoms with E-state index in [0.29, 0.717) is 11.3 Å². The quantitative estimate of drug-likeness (QED) is 0.871. The first-order valence-electron chi connectivity index (χ1n) is 7.68. The summed E-state index contributed by atoms with van der Waals surface area (Å²) in [7, 11) is 0. The van der Waals surface area contributed by atoms with E-state index in [9.17, 15) is 14.7 Å².